The molecule has 0 saturated heterocycles. The Kier molecular flexibility index (Phi) is 5.70. The molecule has 0 heterocycles. The number of benzene rings is 1. The van der Waals surface area contributed by atoms with E-state index in [1.807, 2.05) is 0 Å². The molecule has 2 nitrogen and oxygen atoms in total. The quantitative estimate of drug-likeness (QED) is 0.758. The molecule has 2 aliphatic carbocycles. The molecule has 2 aliphatic rings. The van der Waals surface area contributed by atoms with Crippen molar-refractivity contribution in [2.75, 3.05) is 6.54 Å². The van der Waals surface area contributed by atoms with Crippen molar-refractivity contribution in [3.8, 4) is 0 Å². The van der Waals surface area contributed by atoms with Crippen LogP contribution in [0.5, 0.6) is 0 Å². The number of hydrogen-bond donors (Lipinski definition) is 1. The number of ether oxygens (including phenoxy) is 1. The molecule has 1 N–H and O–H groups in total. The first kappa shape index (κ1) is 15.1. The van der Waals surface area contributed by atoms with Gasteiger partial charge in [0.25, 0.3) is 0 Å². The average Bonchev–Trinajstić information content (AvgIpc) is 3.34. The smallest absolute Gasteiger partial charge is 0.0720 e. The minimum atomic E-state index is 0.495. The minimum Gasteiger partial charge on any atom is -0.374 e. The zero-order chi connectivity index (χ0) is 14.3. The molecule has 2 saturated carbocycles. The molecule has 0 aliphatic heterocycles. The number of nitrogens with one attached hydrogen (secondary N) is 1. The summed E-state index contributed by atoms with van der Waals surface area (Å²) < 4.78 is 6.10. The van der Waals surface area contributed by atoms with Crippen LogP contribution in [0.1, 0.15) is 62.5 Å². The predicted molar refractivity (Wildman–Crippen MR) is 87.4 cm³/mol. The second-order valence-corrected chi connectivity index (χ2v) is 6.72. The van der Waals surface area contributed by atoms with Gasteiger partial charge in [-0.1, -0.05) is 49.9 Å². The summed E-state index contributed by atoms with van der Waals surface area (Å²) in [5.41, 5.74) is 2.75. The maximum atomic E-state index is 6.10. The minimum absolute atomic E-state index is 0.495. The van der Waals surface area contributed by atoms with E-state index in [1.54, 1.807) is 0 Å². The van der Waals surface area contributed by atoms with Crippen LogP contribution in [0.2, 0.25) is 0 Å². The van der Waals surface area contributed by atoms with Gasteiger partial charge in [-0.15, -0.1) is 0 Å². The summed E-state index contributed by atoms with van der Waals surface area (Å²) in [5.74, 6) is 0. The fourth-order valence-corrected chi connectivity index (χ4v) is 3.13. The molecular weight excluding hydrogens is 258 g/mol. The maximum absolute atomic E-state index is 6.10. The van der Waals surface area contributed by atoms with Crippen molar-refractivity contribution >= 4 is 0 Å². The van der Waals surface area contributed by atoms with E-state index in [2.05, 4.69) is 29.6 Å². The first-order chi connectivity index (χ1) is 10.4. The molecule has 116 valence electrons. The summed E-state index contributed by atoms with van der Waals surface area (Å²) in [6, 6.07) is 9.82. The normalized spacial score (nSPS) is 20.4. The molecule has 0 aromatic heterocycles. The van der Waals surface area contributed by atoms with Gasteiger partial charge in [-0.3, -0.25) is 0 Å². The Morgan fingerprint density at radius 1 is 0.857 bits per heavy atom. The molecule has 0 spiro atoms. The van der Waals surface area contributed by atoms with Crippen molar-refractivity contribution in [2.24, 2.45) is 0 Å². The van der Waals surface area contributed by atoms with E-state index in [1.165, 1.54) is 62.5 Å². The Bertz CT molecular complexity index is 402. The Balaban J connectivity index is 1.38. The Morgan fingerprint density at radius 3 is 2.19 bits per heavy atom. The van der Waals surface area contributed by atoms with Crippen LogP contribution < -0.4 is 5.32 Å². The Morgan fingerprint density at radius 2 is 1.52 bits per heavy atom. The monoisotopic (exact) mass is 287 g/mol. The topological polar surface area (TPSA) is 21.3 Å². The molecule has 0 radical (unpaired) electrons. The zero-order valence-corrected chi connectivity index (χ0v) is 13.2. The van der Waals surface area contributed by atoms with E-state index in [0.29, 0.717) is 6.10 Å². The third kappa shape index (κ3) is 5.44. The van der Waals surface area contributed by atoms with Crippen LogP contribution in [0.3, 0.4) is 0 Å². The van der Waals surface area contributed by atoms with Crippen molar-refractivity contribution in [3.63, 3.8) is 0 Å². The third-order valence-electron chi connectivity index (χ3n) is 4.73. The van der Waals surface area contributed by atoms with Crippen LogP contribution in [-0.2, 0) is 17.8 Å². The van der Waals surface area contributed by atoms with Crippen LogP contribution in [0.25, 0.3) is 0 Å². The van der Waals surface area contributed by atoms with Crippen LogP contribution in [0, 0.1) is 0 Å². The van der Waals surface area contributed by atoms with E-state index < -0.39 is 0 Å². The lowest BCUT2D eigenvalue weighted by atomic mass is 10.1. The van der Waals surface area contributed by atoms with Crippen molar-refractivity contribution in [1.29, 1.82) is 0 Å². The Hall–Kier alpha value is -0.860. The fourth-order valence-electron chi connectivity index (χ4n) is 3.13. The molecule has 1 aromatic carbocycles. The second-order valence-electron chi connectivity index (χ2n) is 6.72. The SMILES string of the molecule is c1cc(COC2CCCCCC2)ccc1CCNC1CC1. The molecular formula is C19H29NO. The van der Waals surface area contributed by atoms with Gasteiger partial charge < -0.3 is 10.1 Å². The highest BCUT2D eigenvalue weighted by Gasteiger charge is 2.19. The molecule has 3 rings (SSSR count). The number of rotatable bonds is 7. The summed E-state index contributed by atoms with van der Waals surface area (Å²) in [5, 5.41) is 3.57. The van der Waals surface area contributed by atoms with Gasteiger partial charge in [0.05, 0.1) is 12.7 Å². The van der Waals surface area contributed by atoms with Crippen LogP contribution in [0.15, 0.2) is 24.3 Å². The van der Waals surface area contributed by atoms with Crippen molar-refractivity contribution in [2.45, 2.75) is 76.5 Å². The molecule has 21 heavy (non-hydrogen) atoms. The van der Waals surface area contributed by atoms with Gasteiger partial charge >= 0.3 is 0 Å². The summed E-state index contributed by atoms with van der Waals surface area (Å²) in [6.45, 7) is 1.90. The molecule has 0 amide bonds. The lowest BCUT2D eigenvalue weighted by Crippen LogP contribution is -2.19. The van der Waals surface area contributed by atoms with E-state index in [4.69, 9.17) is 4.74 Å². The zero-order valence-electron chi connectivity index (χ0n) is 13.2. The van der Waals surface area contributed by atoms with E-state index in [0.717, 1.165) is 25.6 Å². The van der Waals surface area contributed by atoms with Gasteiger partial charge in [-0.05, 0) is 49.8 Å². The molecule has 0 unspecified atom stereocenters. The molecule has 2 heteroatoms. The highest BCUT2D eigenvalue weighted by atomic mass is 16.5. The predicted octanol–water partition coefficient (Wildman–Crippen LogP) is 4.22. The van der Waals surface area contributed by atoms with Crippen molar-refractivity contribution in [1.82, 2.24) is 5.32 Å². The highest BCUT2D eigenvalue weighted by Crippen LogP contribution is 2.21. The van der Waals surface area contributed by atoms with Gasteiger partial charge in [0.2, 0.25) is 0 Å². The van der Waals surface area contributed by atoms with Crippen molar-refractivity contribution in [3.05, 3.63) is 35.4 Å². The fraction of sp³-hybridized carbons (Fsp3) is 0.684. The van der Waals surface area contributed by atoms with Crippen LogP contribution in [-0.4, -0.2) is 18.7 Å². The first-order valence-electron chi connectivity index (χ1n) is 8.83. The third-order valence-corrected chi connectivity index (χ3v) is 4.73. The summed E-state index contributed by atoms with van der Waals surface area (Å²) in [7, 11) is 0. The van der Waals surface area contributed by atoms with Crippen LogP contribution >= 0.6 is 0 Å². The summed E-state index contributed by atoms with van der Waals surface area (Å²) in [6.07, 6.45) is 12.4. The standard InChI is InChI=1S/C19H29NO/c1-2-4-6-19(5-3-1)21-15-17-9-7-16(8-10-17)13-14-20-18-11-12-18/h7-10,18-20H,1-6,11-15H2. The van der Waals surface area contributed by atoms with Gasteiger partial charge in [-0.2, -0.15) is 0 Å². The molecule has 0 atom stereocenters. The number of hydrogen-bond acceptors (Lipinski definition) is 2. The summed E-state index contributed by atoms with van der Waals surface area (Å²) in [4.78, 5) is 0. The molecule has 2 fully saturated rings. The van der Waals surface area contributed by atoms with Gasteiger partial charge in [-0.25, -0.2) is 0 Å². The van der Waals surface area contributed by atoms with Crippen molar-refractivity contribution < 1.29 is 4.74 Å². The van der Waals surface area contributed by atoms with E-state index >= 15 is 0 Å². The molecule has 1 aromatic rings. The van der Waals surface area contributed by atoms with Gasteiger partial charge in [0, 0.05) is 6.04 Å². The average molecular weight is 287 g/mol. The second kappa shape index (κ2) is 7.95. The van der Waals surface area contributed by atoms with Crippen LogP contribution in [0.4, 0.5) is 0 Å². The maximum Gasteiger partial charge on any atom is 0.0720 e. The first-order valence-corrected chi connectivity index (χ1v) is 8.83. The summed E-state index contributed by atoms with van der Waals surface area (Å²) >= 11 is 0. The lowest BCUT2D eigenvalue weighted by molar-refractivity contribution is 0.0310. The van der Waals surface area contributed by atoms with Gasteiger partial charge in [0.15, 0.2) is 0 Å². The van der Waals surface area contributed by atoms with Gasteiger partial charge in [0.1, 0.15) is 0 Å². The van der Waals surface area contributed by atoms with E-state index in [-0.39, 0.29) is 0 Å². The molecule has 0 bridgehead atoms. The highest BCUT2D eigenvalue weighted by molar-refractivity contribution is 5.22. The van der Waals surface area contributed by atoms with E-state index in [9.17, 15) is 0 Å². The largest absolute Gasteiger partial charge is 0.374 e. The Labute approximate surface area is 129 Å². The lowest BCUT2D eigenvalue weighted by Gasteiger charge is -2.15.